The number of hydrogen-bond acceptors (Lipinski definition) is 7. The first kappa shape index (κ1) is 21.9. The molecule has 7 nitrogen and oxygen atoms in total. The van der Waals surface area contributed by atoms with E-state index >= 15 is 0 Å². The molecule has 2 fully saturated rings. The van der Waals surface area contributed by atoms with Crippen molar-refractivity contribution < 1.29 is 32.9 Å². The largest absolute Gasteiger partial charge is 0.382 e. The number of rotatable bonds is 9. The van der Waals surface area contributed by atoms with Crippen LogP contribution in [0.5, 0.6) is 0 Å². The van der Waals surface area contributed by atoms with Crippen molar-refractivity contribution >= 4 is 41.3 Å². The second-order valence-corrected chi connectivity index (χ2v) is 8.99. The highest BCUT2D eigenvalue weighted by Gasteiger charge is 2.43. The van der Waals surface area contributed by atoms with Gasteiger partial charge in [-0.05, 0) is 18.2 Å². The van der Waals surface area contributed by atoms with E-state index in [2.05, 4.69) is 0 Å². The van der Waals surface area contributed by atoms with Gasteiger partial charge in [-0.25, -0.2) is 0 Å². The average Bonchev–Trinajstić information content (AvgIpc) is 3.09. The van der Waals surface area contributed by atoms with Crippen LogP contribution < -0.4 is 0 Å². The summed E-state index contributed by atoms with van der Waals surface area (Å²) in [6.45, 7) is -1.33. The van der Waals surface area contributed by atoms with E-state index in [0.717, 1.165) is 0 Å². The Balaban J connectivity index is 1.91. The zero-order valence-corrected chi connectivity index (χ0v) is 16.4. The van der Waals surface area contributed by atoms with E-state index in [9.17, 15) is 4.89 Å². The molecule has 2 heterocycles. The topological polar surface area (TPSA) is 75.6 Å². The average molecular weight is 387 g/mol. The second-order valence-electron chi connectivity index (χ2n) is 6.20. The lowest BCUT2D eigenvalue weighted by Gasteiger charge is -2.27. The molecular weight excluding hydrogens is 364 g/mol. The van der Waals surface area contributed by atoms with Crippen molar-refractivity contribution in [3.05, 3.63) is 0 Å². The van der Waals surface area contributed by atoms with Crippen LogP contribution in [-0.2, 0) is 39.8 Å². The van der Waals surface area contributed by atoms with Crippen molar-refractivity contribution in [1.29, 1.82) is 0 Å². The Kier molecular flexibility index (Phi) is 8.45. The molecule has 2 aliphatic rings. The highest BCUT2D eigenvalue weighted by molar-refractivity contribution is 8.07. The zero-order valence-electron chi connectivity index (χ0n) is 14.6. The fourth-order valence-corrected chi connectivity index (χ4v) is 4.52. The quantitative estimate of drug-likeness (QED) is 0.427. The van der Waals surface area contributed by atoms with E-state index in [-0.39, 0.29) is 37.3 Å². The van der Waals surface area contributed by atoms with E-state index in [1.54, 1.807) is 14.2 Å². The summed E-state index contributed by atoms with van der Waals surface area (Å²) in [5.74, 6) is -0.163. The van der Waals surface area contributed by atoms with Gasteiger partial charge in [0.2, 0.25) is 0 Å². The SMILES string of the molecule is [B][B][C@H]1CC(OC)[C@@H](COP(O)(=S)OC2[C@@H](C)[C@H]([B])O[C@@H]2COC)O1. The van der Waals surface area contributed by atoms with Gasteiger partial charge in [-0.3, -0.25) is 0 Å². The van der Waals surface area contributed by atoms with Crippen molar-refractivity contribution in [3.8, 4) is 0 Å². The number of hydrogen-bond donors (Lipinski definition) is 1. The first-order valence-corrected chi connectivity index (χ1v) is 10.7. The maximum atomic E-state index is 10.4. The Morgan fingerprint density at radius 1 is 1.28 bits per heavy atom. The van der Waals surface area contributed by atoms with Crippen LogP contribution in [0.15, 0.2) is 0 Å². The smallest absolute Gasteiger partial charge is 0.324 e. The summed E-state index contributed by atoms with van der Waals surface area (Å²) in [5.41, 5.74) is 0. The first-order valence-electron chi connectivity index (χ1n) is 8.10. The van der Waals surface area contributed by atoms with Gasteiger partial charge in [0.15, 0.2) is 0 Å². The van der Waals surface area contributed by atoms with Gasteiger partial charge in [0.05, 0.1) is 32.6 Å². The lowest BCUT2D eigenvalue weighted by Crippen LogP contribution is -2.32. The van der Waals surface area contributed by atoms with Gasteiger partial charge in [0.25, 0.3) is 0 Å². The molecule has 0 aromatic rings. The van der Waals surface area contributed by atoms with Crippen molar-refractivity contribution in [2.75, 3.05) is 27.4 Å². The van der Waals surface area contributed by atoms with Gasteiger partial charge in [0, 0.05) is 39.9 Å². The molecule has 0 bridgehead atoms. The van der Waals surface area contributed by atoms with Crippen molar-refractivity contribution in [3.63, 3.8) is 0 Å². The fourth-order valence-electron chi connectivity index (χ4n) is 3.01. The van der Waals surface area contributed by atoms with Crippen molar-refractivity contribution in [2.45, 2.75) is 49.8 Å². The molecule has 5 radical (unpaired) electrons. The molecular formula is C13H23B3O7PS. The molecule has 12 heteroatoms. The van der Waals surface area contributed by atoms with E-state index < -0.39 is 24.9 Å². The Bertz CT molecular complexity index is 477. The Morgan fingerprint density at radius 2 is 2.00 bits per heavy atom. The summed E-state index contributed by atoms with van der Waals surface area (Å²) in [6, 6.07) is -0.736. The van der Waals surface area contributed by atoms with Gasteiger partial charge in [-0.15, -0.1) is 0 Å². The number of ether oxygens (including phenoxy) is 4. The van der Waals surface area contributed by atoms with Crippen LogP contribution >= 0.6 is 6.72 Å². The molecule has 0 aromatic heterocycles. The minimum absolute atomic E-state index is 0.0413. The number of methoxy groups -OCH3 is 2. The van der Waals surface area contributed by atoms with Crippen LogP contribution in [0.25, 0.3) is 0 Å². The predicted octanol–water partition coefficient (Wildman–Crippen LogP) is -0.301. The van der Waals surface area contributed by atoms with Gasteiger partial charge < -0.3 is 32.9 Å². The molecule has 2 saturated heterocycles. The van der Waals surface area contributed by atoms with E-state index in [4.69, 9.17) is 55.4 Å². The third-order valence-corrected chi connectivity index (χ3v) is 6.03. The molecule has 0 spiro atoms. The summed E-state index contributed by atoms with van der Waals surface area (Å²) in [5, 5.41) is 0. The summed E-state index contributed by atoms with van der Waals surface area (Å²) in [7, 11) is 16.0. The highest BCUT2D eigenvalue weighted by atomic mass is 32.5. The molecule has 0 aromatic carbocycles. The van der Waals surface area contributed by atoms with Gasteiger partial charge in [-0.1, -0.05) is 6.92 Å². The predicted molar refractivity (Wildman–Crippen MR) is 98.4 cm³/mol. The summed E-state index contributed by atoms with van der Waals surface area (Å²) in [4.78, 5) is 10.4. The van der Waals surface area contributed by atoms with Crippen LogP contribution in [0.1, 0.15) is 13.3 Å². The molecule has 2 aliphatic heterocycles. The Morgan fingerprint density at radius 3 is 2.60 bits per heavy atom. The monoisotopic (exact) mass is 387 g/mol. The maximum Gasteiger partial charge on any atom is 0.324 e. The molecule has 25 heavy (non-hydrogen) atoms. The van der Waals surface area contributed by atoms with E-state index in [1.807, 2.05) is 6.92 Å². The fraction of sp³-hybridized carbons (Fsp3) is 1.00. The standard InChI is InChI=1S/C13H23B3O7PS/c1-7-12(10(5-18-2)22-13(7)14)23-24(17,25)20-6-9-8(19-3)4-11(16-15)21-9/h7-13H,4-6H2,1-3H3,(H,17,25)/t7-,8?,9-,10-,11-,12?,13-,24?/m1/s1. The molecule has 0 aliphatic carbocycles. The van der Waals surface area contributed by atoms with Gasteiger partial charge in [0.1, 0.15) is 20.1 Å². The minimum Gasteiger partial charge on any atom is -0.382 e. The summed E-state index contributed by atoms with van der Waals surface area (Å²) in [6.07, 6.45) is -0.892. The lowest BCUT2D eigenvalue weighted by atomic mass is 9.51. The molecule has 2 rings (SSSR count). The van der Waals surface area contributed by atoms with Crippen molar-refractivity contribution in [1.82, 2.24) is 0 Å². The Labute approximate surface area is 157 Å². The molecule has 0 saturated carbocycles. The highest BCUT2D eigenvalue weighted by Crippen LogP contribution is 2.49. The van der Waals surface area contributed by atoms with E-state index in [1.165, 1.54) is 7.17 Å². The lowest BCUT2D eigenvalue weighted by molar-refractivity contribution is -0.0310. The normalized spacial score (nSPS) is 40.9. The molecule has 137 valence electrons. The Hall–Kier alpha value is 0.565. The van der Waals surface area contributed by atoms with Crippen LogP contribution in [0.3, 0.4) is 0 Å². The van der Waals surface area contributed by atoms with Crippen molar-refractivity contribution in [2.24, 2.45) is 5.92 Å². The van der Waals surface area contributed by atoms with Crippen LogP contribution in [0, 0.1) is 5.92 Å². The van der Waals surface area contributed by atoms with Gasteiger partial charge >= 0.3 is 6.72 Å². The molecule has 1 N–H and O–H groups in total. The van der Waals surface area contributed by atoms with Crippen LogP contribution in [-0.4, -0.2) is 91.5 Å². The third kappa shape index (κ3) is 5.77. The third-order valence-electron chi connectivity index (χ3n) is 4.47. The van der Waals surface area contributed by atoms with Gasteiger partial charge in [-0.2, -0.15) is 0 Å². The summed E-state index contributed by atoms with van der Waals surface area (Å²) >= 11 is 5.13. The minimum atomic E-state index is -3.52. The van der Waals surface area contributed by atoms with Crippen LogP contribution in [0.4, 0.5) is 0 Å². The first-order chi connectivity index (χ1) is 11.8. The molecule has 3 unspecified atom stereocenters. The van der Waals surface area contributed by atoms with E-state index in [0.29, 0.717) is 6.42 Å². The molecule has 8 atom stereocenters. The van der Waals surface area contributed by atoms with Crippen LogP contribution in [0.2, 0.25) is 0 Å². The summed E-state index contributed by atoms with van der Waals surface area (Å²) < 4.78 is 32.9. The zero-order chi connectivity index (χ0) is 18.6. The maximum absolute atomic E-state index is 10.4. The molecule has 0 amide bonds. The second kappa shape index (κ2) is 9.67.